The Kier molecular flexibility index (Phi) is 5.81. The minimum Gasteiger partial charge on any atom is -0.480 e. The average molecular weight is 465 g/mol. The predicted octanol–water partition coefficient (Wildman–Crippen LogP) is 2.72. The van der Waals surface area contributed by atoms with Crippen molar-refractivity contribution in [1.29, 1.82) is 0 Å². The number of benzene rings is 2. The molecule has 2 heterocycles. The molecule has 2 amide bonds. The van der Waals surface area contributed by atoms with E-state index in [1.807, 2.05) is 30.3 Å². The minimum atomic E-state index is -1.67. The van der Waals surface area contributed by atoms with Crippen LogP contribution in [-0.2, 0) is 25.6 Å². The van der Waals surface area contributed by atoms with Crippen molar-refractivity contribution < 1.29 is 29.0 Å². The van der Waals surface area contributed by atoms with Crippen molar-refractivity contribution in [2.24, 2.45) is 11.8 Å². The second-order valence-corrected chi connectivity index (χ2v) is 9.91. The molecule has 0 saturated carbocycles. The van der Waals surface area contributed by atoms with Crippen molar-refractivity contribution in [3.05, 3.63) is 65.7 Å². The third-order valence-electron chi connectivity index (χ3n) is 6.53. The second kappa shape index (κ2) is 8.36. The van der Waals surface area contributed by atoms with Gasteiger partial charge in [-0.2, -0.15) is 0 Å². The van der Waals surface area contributed by atoms with E-state index in [9.17, 15) is 24.3 Å². The molecule has 2 N–H and O–H groups in total. The number of carbonyl (C=O) groups excluding carboxylic acids is 3. The fraction of sp³-hybridized carbons (Fsp3) is 0.385. The molecule has 4 unspecified atom stereocenters. The Morgan fingerprint density at radius 2 is 1.65 bits per heavy atom. The van der Waals surface area contributed by atoms with E-state index in [0.717, 1.165) is 5.56 Å². The van der Waals surface area contributed by atoms with Crippen molar-refractivity contribution in [3.8, 4) is 5.75 Å². The molecular weight excluding hydrogens is 436 g/mol. The van der Waals surface area contributed by atoms with Gasteiger partial charge in [0.25, 0.3) is 0 Å². The summed E-state index contributed by atoms with van der Waals surface area (Å²) in [5.41, 5.74) is -1.08. The summed E-state index contributed by atoms with van der Waals surface area (Å²) >= 11 is 0. The molecule has 2 aromatic rings. The summed E-state index contributed by atoms with van der Waals surface area (Å²) in [7, 11) is 0. The van der Waals surface area contributed by atoms with E-state index in [1.54, 1.807) is 45.0 Å². The van der Waals surface area contributed by atoms with E-state index in [4.69, 9.17) is 4.74 Å². The predicted molar refractivity (Wildman–Crippen MR) is 123 cm³/mol. The van der Waals surface area contributed by atoms with Crippen LogP contribution in [0.25, 0.3) is 0 Å². The highest BCUT2D eigenvalue weighted by molar-refractivity contribution is 6.10. The molecule has 0 aliphatic carbocycles. The lowest BCUT2D eigenvalue weighted by molar-refractivity contribution is -0.153. The molecule has 0 aromatic heterocycles. The number of nitrogens with one attached hydrogen (secondary N) is 1. The lowest BCUT2D eigenvalue weighted by Crippen LogP contribution is -2.58. The van der Waals surface area contributed by atoms with Gasteiger partial charge in [-0.15, -0.1) is 0 Å². The number of fused-ring (bicyclic) bond motifs is 1. The number of rotatable bonds is 5. The van der Waals surface area contributed by atoms with Gasteiger partial charge < -0.3 is 9.84 Å². The second-order valence-electron chi connectivity index (χ2n) is 9.91. The van der Waals surface area contributed by atoms with Crippen molar-refractivity contribution in [2.75, 3.05) is 0 Å². The van der Waals surface area contributed by atoms with Crippen LogP contribution in [-0.4, -0.2) is 44.8 Å². The summed E-state index contributed by atoms with van der Waals surface area (Å²) in [6.07, 6.45) is 0.0450. The summed E-state index contributed by atoms with van der Waals surface area (Å²) in [5, 5.41) is 13.7. The van der Waals surface area contributed by atoms with Crippen molar-refractivity contribution in [1.82, 2.24) is 10.2 Å². The fourth-order valence-electron chi connectivity index (χ4n) is 5.21. The van der Waals surface area contributed by atoms with E-state index in [2.05, 4.69) is 5.32 Å². The van der Waals surface area contributed by atoms with Gasteiger partial charge in [0.1, 0.15) is 11.3 Å². The zero-order valence-corrected chi connectivity index (χ0v) is 19.6. The number of hydrogen-bond donors (Lipinski definition) is 2. The summed E-state index contributed by atoms with van der Waals surface area (Å²) in [5.74, 6) is -4.13. The van der Waals surface area contributed by atoms with Gasteiger partial charge >= 0.3 is 11.9 Å². The van der Waals surface area contributed by atoms with E-state index in [-0.39, 0.29) is 12.3 Å². The number of carboxylic acid groups (broad SMARTS) is 1. The smallest absolute Gasteiger partial charge is 0.325 e. The average Bonchev–Trinajstić information content (AvgIpc) is 3.23. The third-order valence-corrected chi connectivity index (χ3v) is 6.53. The SMILES string of the molecule is CC(=O)Oc1ccc(C2NC(Cc3ccccc3)(C(=O)O)C3C(=O)N(C(C)(C)C)C(=O)C23)cc1. The van der Waals surface area contributed by atoms with Gasteiger partial charge in [-0.25, -0.2) is 0 Å². The van der Waals surface area contributed by atoms with Crippen molar-refractivity contribution in [2.45, 2.75) is 51.2 Å². The molecule has 8 heteroatoms. The maximum Gasteiger partial charge on any atom is 0.325 e. The number of carboxylic acids is 1. The van der Waals surface area contributed by atoms with Crippen LogP contribution in [0, 0.1) is 11.8 Å². The van der Waals surface area contributed by atoms with E-state index < -0.39 is 46.8 Å². The maximum absolute atomic E-state index is 13.7. The number of amides is 2. The molecule has 2 aliphatic heterocycles. The van der Waals surface area contributed by atoms with Crippen LogP contribution in [0.3, 0.4) is 0 Å². The van der Waals surface area contributed by atoms with E-state index in [0.29, 0.717) is 11.3 Å². The van der Waals surface area contributed by atoms with Crippen LogP contribution in [0.5, 0.6) is 5.75 Å². The molecule has 34 heavy (non-hydrogen) atoms. The summed E-state index contributed by atoms with van der Waals surface area (Å²) in [6.45, 7) is 6.59. The Bertz CT molecular complexity index is 1140. The molecule has 8 nitrogen and oxygen atoms in total. The summed E-state index contributed by atoms with van der Waals surface area (Å²) in [4.78, 5) is 52.6. The first-order valence-electron chi connectivity index (χ1n) is 11.2. The topological polar surface area (TPSA) is 113 Å². The van der Waals surface area contributed by atoms with Gasteiger partial charge in [0.15, 0.2) is 0 Å². The monoisotopic (exact) mass is 464 g/mol. The van der Waals surface area contributed by atoms with Gasteiger partial charge in [-0.1, -0.05) is 42.5 Å². The number of hydrogen-bond acceptors (Lipinski definition) is 6. The van der Waals surface area contributed by atoms with Gasteiger partial charge in [-0.3, -0.25) is 29.4 Å². The first kappa shape index (κ1) is 23.6. The van der Waals surface area contributed by atoms with Crippen LogP contribution in [0.2, 0.25) is 0 Å². The molecule has 0 spiro atoms. The lowest BCUT2D eigenvalue weighted by Gasteiger charge is -2.35. The van der Waals surface area contributed by atoms with E-state index in [1.165, 1.54) is 11.8 Å². The molecule has 2 aliphatic rings. The number of esters is 1. The molecule has 2 aromatic carbocycles. The van der Waals surface area contributed by atoms with Crippen LogP contribution < -0.4 is 10.1 Å². The standard InChI is InChI=1S/C26H28N2O6/c1-15(29)34-18-12-10-17(11-13-18)21-19-20(23(31)28(22(19)30)25(2,3)4)26(27-21,24(32)33)14-16-8-6-5-7-9-16/h5-13,19-21,27H,14H2,1-4H3,(H,32,33). The Morgan fingerprint density at radius 1 is 1.03 bits per heavy atom. The summed E-state index contributed by atoms with van der Waals surface area (Å²) < 4.78 is 5.09. The fourth-order valence-corrected chi connectivity index (χ4v) is 5.21. The molecule has 0 bridgehead atoms. The number of carbonyl (C=O) groups is 4. The van der Waals surface area contributed by atoms with Crippen LogP contribution in [0.1, 0.15) is 44.9 Å². The molecule has 4 rings (SSSR count). The zero-order chi connectivity index (χ0) is 24.8. The Hall–Kier alpha value is -3.52. The Balaban J connectivity index is 1.82. The normalized spacial score (nSPS) is 26.5. The molecular formula is C26H28N2O6. The third kappa shape index (κ3) is 3.88. The van der Waals surface area contributed by atoms with Gasteiger partial charge in [-0.05, 0) is 44.0 Å². The Labute approximate surface area is 197 Å². The van der Waals surface area contributed by atoms with Crippen LogP contribution in [0.4, 0.5) is 0 Å². The number of imide groups is 1. The summed E-state index contributed by atoms with van der Waals surface area (Å²) in [6, 6.07) is 14.9. The molecule has 0 radical (unpaired) electrons. The highest BCUT2D eigenvalue weighted by atomic mass is 16.5. The van der Waals surface area contributed by atoms with E-state index >= 15 is 0 Å². The molecule has 2 saturated heterocycles. The number of nitrogens with zero attached hydrogens (tertiary/aromatic N) is 1. The molecule has 178 valence electrons. The number of aliphatic carboxylic acids is 1. The number of ether oxygens (including phenoxy) is 1. The Morgan fingerprint density at radius 3 is 2.18 bits per heavy atom. The zero-order valence-electron chi connectivity index (χ0n) is 19.6. The van der Waals surface area contributed by atoms with Gasteiger partial charge in [0.05, 0.1) is 11.8 Å². The van der Waals surface area contributed by atoms with Crippen LogP contribution >= 0.6 is 0 Å². The highest BCUT2D eigenvalue weighted by Gasteiger charge is 2.69. The first-order valence-corrected chi connectivity index (χ1v) is 11.2. The first-order chi connectivity index (χ1) is 16.0. The van der Waals surface area contributed by atoms with Crippen LogP contribution in [0.15, 0.2) is 54.6 Å². The van der Waals surface area contributed by atoms with Crippen molar-refractivity contribution >= 4 is 23.8 Å². The largest absolute Gasteiger partial charge is 0.480 e. The van der Waals surface area contributed by atoms with Gasteiger partial charge in [0.2, 0.25) is 11.8 Å². The minimum absolute atomic E-state index is 0.0450. The number of likely N-dealkylation sites (tertiary alicyclic amines) is 1. The van der Waals surface area contributed by atoms with Gasteiger partial charge in [0, 0.05) is 24.9 Å². The lowest BCUT2D eigenvalue weighted by atomic mass is 9.76. The van der Waals surface area contributed by atoms with Crippen molar-refractivity contribution in [3.63, 3.8) is 0 Å². The molecule has 2 fully saturated rings. The molecule has 4 atom stereocenters. The quantitative estimate of drug-likeness (QED) is 0.397. The highest BCUT2D eigenvalue weighted by Crippen LogP contribution is 2.51. The maximum atomic E-state index is 13.7.